The van der Waals surface area contributed by atoms with Crippen LogP contribution >= 0.6 is 12.2 Å². The number of rotatable bonds is 1. The molecule has 0 radical (unpaired) electrons. The van der Waals surface area contributed by atoms with E-state index in [9.17, 15) is 4.79 Å². The number of nitrogens with two attached hydrogens (primary N) is 1. The summed E-state index contributed by atoms with van der Waals surface area (Å²) in [5, 5.41) is 4.34. The third-order valence-corrected chi connectivity index (χ3v) is 4.97. The molecule has 0 spiro atoms. The fourth-order valence-corrected chi connectivity index (χ4v) is 4.35. The molecule has 4 unspecified atom stereocenters. The molecule has 0 aromatic rings. The Kier molecular flexibility index (Phi) is 3.09. The number of nitrogens with one attached hydrogen (secondary N) is 1. The maximum atomic E-state index is 12.4. The van der Waals surface area contributed by atoms with Crippen LogP contribution in [0.15, 0.2) is 5.10 Å². The van der Waals surface area contributed by atoms with E-state index in [1.165, 1.54) is 25.7 Å². The van der Waals surface area contributed by atoms with Crippen molar-refractivity contribution in [3.05, 3.63) is 0 Å². The van der Waals surface area contributed by atoms with Crippen molar-refractivity contribution < 1.29 is 4.79 Å². The molecule has 0 bridgehead atoms. The van der Waals surface area contributed by atoms with Gasteiger partial charge < -0.3 is 5.73 Å². The first-order chi connectivity index (χ1) is 8.68. The number of hydrogen-bond donors (Lipinski definition) is 2. The normalized spacial score (nSPS) is 40.7. The SMILES string of the molecule is NC(=S)N/N=C1/C(=O)C2CCCC3CCCC1C32. The second kappa shape index (κ2) is 4.61. The molecule has 3 rings (SSSR count). The largest absolute Gasteiger partial charge is 0.375 e. The van der Waals surface area contributed by atoms with Crippen molar-refractivity contribution in [2.45, 2.75) is 38.5 Å². The number of hydrogen-bond acceptors (Lipinski definition) is 3. The molecule has 3 saturated carbocycles. The number of carbonyl (C=O) groups is 1. The van der Waals surface area contributed by atoms with Crippen LogP contribution in [0.1, 0.15) is 38.5 Å². The lowest BCUT2D eigenvalue weighted by atomic mass is 9.65. The summed E-state index contributed by atoms with van der Waals surface area (Å²) in [6.45, 7) is 0. The van der Waals surface area contributed by atoms with Gasteiger partial charge in [-0.3, -0.25) is 10.2 Å². The highest BCUT2D eigenvalue weighted by Crippen LogP contribution is 2.51. The third-order valence-electron chi connectivity index (χ3n) is 4.88. The van der Waals surface area contributed by atoms with Gasteiger partial charge in [-0.25, -0.2) is 0 Å². The van der Waals surface area contributed by atoms with E-state index in [1.807, 2.05) is 0 Å². The standard InChI is InChI=1S/C13H19N3OS/c14-13(18)16-15-11-8-5-1-3-7-4-2-6-9(10(7)8)12(11)17/h7-10H,1-6H2,(H3,14,16,18)/b15-11+. The zero-order valence-corrected chi connectivity index (χ0v) is 11.2. The van der Waals surface area contributed by atoms with Gasteiger partial charge in [-0.05, 0) is 36.9 Å². The van der Waals surface area contributed by atoms with E-state index in [4.69, 9.17) is 18.0 Å². The summed E-state index contributed by atoms with van der Waals surface area (Å²) < 4.78 is 0. The monoisotopic (exact) mass is 265 g/mol. The van der Waals surface area contributed by atoms with Crippen molar-refractivity contribution in [1.82, 2.24) is 5.43 Å². The minimum atomic E-state index is 0.137. The predicted molar refractivity (Wildman–Crippen MR) is 74.0 cm³/mol. The van der Waals surface area contributed by atoms with Crippen molar-refractivity contribution >= 4 is 28.8 Å². The molecule has 3 fully saturated rings. The Hall–Kier alpha value is -0.970. The van der Waals surface area contributed by atoms with Gasteiger partial charge in [-0.2, -0.15) is 5.10 Å². The molecule has 3 aliphatic rings. The highest BCUT2D eigenvalue weighted by molar-refractivity contribution is 7.80. The van der Waals surface area contributed by atoms with Crippen molar-refractivity contribution in [3.8, 4) is 0 Å². The van der Waals surface area contributed by atoms with Gasteiger partial charge in [-0.1, -0.05) is 25.7 Å². The summed E-state index contributed by atoms with van der Waals surface area (Å²) in [6, 6.07) is 0. The van der Waals surface area contributed by atoms with Crippen molar-refractivity contribution in [2.75, 3.05) is 0 Å². The van der Waals surface area contributed by atoms with Crippen LogP contribution in [0.2, 0.25) is 0 Å². The molecule has 0 saturated heterocycles. The van der Waals surface area contributed by atoms with E-state index in [-0.39, 0.29) is 16.8 Å². The highest BCUT2D eigenvalue weighted by Gasteiger charge is 2.53. The fraction of sp³-hybridized carbons (Fsp3) is 0.769. The molecule has 0 aromatic heterocycles. The molecule has 4 nitrogen and oxygen atoms in total. The second-order valence-electron chi connectivity index (χ2n) is 5.75. The number of Topliss-reactive ketones (excluding diaryl/α,β-unsaturated/α-hetero) is 1. The van der Waals surface area contributed by atoms with Gasteiger partial charge in [0, 0.05) is 11.8 Å². The first-order valence-corrected chi connectivity index (χ1v) is 7.26. The summed E-state index contributed by atoms with van der Waals surface area (Å²) in [5.41, 5.74) is 8.71. The molecule has 18 heavy (non-hydrogen) atoms. The highest BCUT2D eigenvalue weighted by atomic mass is 32.1. The summed E-state index contributed by atoms with van der Waals surface area (Å²) >= 11 is 4.76. The van der Waals surface area contributed by atoms with E-state index in [2.05, 4.69) is 10.5 Å². The summed E-state index contributed by atoms with van der Waals surface area (Å²) in [5.74, 6) is 2.11. The molecule has 0 amide bonds. The lowest BCUT2D eigenvalue weighted by Crippen LogP contribution is -2.34. The first-order valence-electron chi connectivity index (χ1n) is 6.85. The number of hydrazone groups is 1. The number of thiocarbonyl (C=S) groups is 1. The fourth-order valence-electron chi connectivity index (χ4n) is 4.30. The molecule has 0 aromatic carbocycles. The van der Waals surface area contributed by atoms with Gasteiger partial charge in [0.1, 0.15) is 5.71 Å². The number of nitrogens with zero attached hydrogens (tertiary/aromatic N) is 1. The van der Waals surface area contributed by atoms with E-state index < -0.39 is 0 Å². The van der Waals surface area contributed by atoms with Crippen molar-refractivity contribution in [3.63, 3.8) is 0 Å². The number of ketones is 1. The van der Waals surface area contributed by atoms with Crippen molar-refractivity contribution in [1.29, 1.82) is 0 Å². The summed E-state index contributed by atoms with van der Waals surface area (Å²) in [7, 11) is 0. The Bertz CT molecular complexity index is 418. The zero-order chi connectivity index (χ0) is 12.7. The second-order valence-corrected chi connectivity index (χ2v) is 6.19. The van der Waals surface area contributed by atoms with Gasteiger partial charge in [0.2, 0.25) is 0 Å². The van der Waals surface area contributed by atoms with Crippen LogP contribution in [0, 0.1) is 23.7 Å². The summed E-state index contributed by atoms with van der Waals surface area (Å²) in [6.07, 6.45) is 7.14. The van der Waals surface area contributed by atoms with E-state index in [0.29, 0.717) is 17.5 Å². The maximum Gasteiger partial charge on any atom is 0.184 e. The average molecular weight is 265 g/mol. The van der Waals surface area contributed by atoms with Crippen LogP contribution in [-0.4, -0.2) is 16.6 Å². The van der Waals surface area contributed by atoms with Gasteiger partial charge in [0.05, 0.1) is 0 Å². The molecule has 3 N–H and O–H groups in total. The van der Waals surface area contributed by atoms with Crippen LogP contribution in [0.4, 0.5) is 0 Å². The lowest BCUT2D eigenvalue weighted by molar-refractivity contribution is -0.118. The Balaban J connectivity index is 1.90. The van der Waals surface area contributed by atoms with Gasteiger partial charge in [0.25, 0.3) is 0 Å². The van der Waals surface area contributed by atoms with Gasteiger partial charge in [0.15, 0.2) is 10.9 Å². The molecule has 98 valence electrons. The maximum absolute atomic E-state index is 12.4. The van der Waals surface area contributed by atoms with Gasteiger partial charge >= 0.3 is 0 Å². The molecule has 0 aliphatic heterocycles. The van der Waals surface area contributed by atoms with Gasteiger partial charge in [-0.15, -0.1) is 0 Å². The zero-order valence-electron chi connectivity index (χ0n) is 10.4. The van der Waals surface area contributed by atoms with Crippen LogP contribution in [0.5, 0.6) is 0 Å². The van der Waals surface area contributed by atoms with Crippen LogP contribution in [0.25, 0.3) is 0 Å². The Labute approximate surface area is 112 Å². The third kappa shape index (κ3) is 1.85. The number of carbonyl (C=O) groups excluding carboxylic acids is 1. The minimum absolute atomic E-state index is 0.137. The molecule has 3 aliphatic carbocycles. The van der Waals surface area contributed by atoms with E-state index in [1.54, 1.807) is 0 Å². The Morgan fingerprint density at radius 2 is 1.89 bits per heavy atom. The minimum Gasteiger partial charge on any atom is -0.375 e. The Morgan fingerprint density at radius 1 is 1.22 bits per heavy atom. The van der Waals surface area contributed by atoms with Crippen LogP contribution in [0.3, 0.4) is 0 Å². The molecular weight excluding hydrogens is 246 g/mol. The quantitative estimate of drug-likeness (QED) is 0.558. The molecule has 0 heterocycles. The van der Waals surface area contributed by atoms with E-state index in [0.717, 1.165) is 18.8 Å². The first kappa shape index (κ1) is 12.1. The van der Waals surface area contributed by atoms with Crippen molar-refractivity contribution in [2.24, 2.45) is 34.5 Å². The lowest BCUT2D eigenvalue weighted by Gasteiger charge is -2.39. The summed E-state index contributed by atoms with van der Waals surface area (Å²) in [4.78, 5) is 12.4. The molecule has 5 heteroatoms. The van der Waals surface area contributed by atoms with Crippen LogP contribution in [-0.2, 0) is 4.79 Å². The average Bonchev–Trinajstić information content (AvgIpc) is 2.63. The Morgan fingerprint density at radius 3 is 2.56 bits per heavy atom. The topological polar surface area (TPSA) is 67.5 Å². The van der Waals surface area contributed by atoms with Crippen LogP contribution < -0.4 is 11.2 Å². The smallest absolute Gasteiger partial charge is 0.184 e. The molecule has 4 atom stereocenters. The predicted octanol–water partition coefficient (Wildman–Crippen LogP) is 1.59. The molecular formula is C13H19N3OS. The van der Waals surface area contributed by atoms with E-state index >= 15 is 0 Å².